The fourth-order valence-corrected chi connectivity index (χ4v) is 1.86. The molecule has 0 aliphatic carbocycles. The van der Waals surface area contributed by atoms with Gasteiger partial charge >= 0.3 is 0 Å². The Bertz CT molecular complexity index is 368. The van der Waals surface area contributed by atoms with E-state index in [1.807, 2.05) is 22.6 Å². The van der Waals surface area contributed by atoms with E-state index in [1.54, 1.807) is 6.07 Å². The molecule has 0 amide bonds. The van der Waals surface area contributed by atoms with Gasteiger partial charge in [0.05, 0.1) is 0 Å². The molecule has 0 N–H and O–H groups in total. The van der Waals surface area contributed by atoms with Crippen molar-refractivity contribution < 1.29 is 13.6 Å². The quantitative estimate of drug-likeness (QED) is 0.458. The Hall–Kier alpha value is -0.230. The zero-order valence-electron chi connectivity index (χ0n) is 7.64. The van der Waals surface area contributed by atoms with Crippen molar-refractivity contribution >= 4 is 40.0 Å². The summed E-state index contributed by atoms with van der Waals surface area (Å²) in [6.07, 6.45) is -2.38. The maximum Gasteiger partial charge on any atom is 0.264 e. The molecule has 1 aromatic carbocycles. The molecular weight excluding hydrogens is 336 g/mol. The Balaban J connectivity index is 3.02. The minimum absolute atomic E-state index is 0.101. The van der Waals surface area contributed by atoms with Crippen LogP contribution >= 0.6 is 34.2 Å². The van der Waals surface area contributed by atoms with Crippen molar-refractivity contribution in [2.24, 2.45) is 0 Å². The lowest BCUT2D eigenvalue weighted by Crippen LogP contribution is -2.02. The number of halogens is 4. The number of ketones is 1. The van der Waals surface area contributed by atoms with Crippen molar-refractivity contribution in [2.45, 2.75) is 12.8 Å². The van der Waals surface area contributed by atoms with E-state index in [0.29, 0.717) is 9.13 Å². The molecule has 0 aromatic heterocycles. The zero-order valence-corrected chi connectivity index (χ0v) is 10.6. The summed E-state index contributed by atoms with van der Waals surface area (Å²) >= 11 is 7.23. The standard InChI is InChI=1S/C10H8ClF2IO/c11-4-3-9(15)6-1-2-8(14)7(5-6)10(12)13/h1-2,5,10H,3-4H2. The first-order valence-corrected chi connectivity index (χ1v) is 5.84. The van der Waals surface area contributed by atoms with Gasteiger partial charge in [0.25, 0.3) is 6.43 Å². The Morgan fingerprint density at radius 3 is 2.67 bits per heavy atom. The van der Waals surface area contributed by atoms with Crippen LogP contribution in [0, 0.1) is 3.57 Å². The van der Waals surface area contributed by atoms with Crippen LogP contribution in [0.4, 0.5) is 8.78 Å². The first-order chi connectivity index (χ1) is 7.06. The molecule has 0 saturated carbocycles. The average molecular weight is 345 g/mol. The van der Waals surface area contributed by atoms with Gasteiger partial charge in [-0.15, -0.1) is 11.6 Å². The molecule has 5 heteroatoms. The number of hydrogen-bond acceptors (Lipinski definition) is 1. The third-order valence-electron chi connectivity index (χ3n) is 1.87. The molecule has 0 heterocycles. The van der Waals surface area contributed by atoms with Crippen LogP contribution in [0.25, 0.3) is 0 Å². The molecule has 0 bridgehead atoms. The van der Waals surface area contributed by atoms with E-state index in [-0.39, 0.29) is 23.6 Å². The van der Waals surface area contributed by atoms with E-state index in [1.165, 1.54) is 12.1 Å². The maximum atomic E-state index is 12.5. The summed E-state index contributed by atoms with van der Waals surface area (Å²) in [5, 5.41) is 0. The summed E-state index contributed by atoms with van der Waals surface area (Å²) in [6.45, 7) is 0. The lowest BCUT2D eigenvalue weighted by Gasteiger charge is -2.05. The molecule has 1 nitrogen and oxygen atoms in total. The second-order valence-corrected chi connectivity index (χ2v) is 4.44. The smallest absolute Gasteiger partial charge is 0.264 e. The van der Waals surface area contributed by atoms with E-state index in [0.717, 1.165) is 0 Å². The molecule has 82 valence electrons. The molecule has 0 aliphatic heterocycles. The molecule has 0 aliphatic rings. The summed E-state index contributed by atoms with van der Waals surface area (Å²) in [4.78, 5) is 11.4. The summed E-state index contributed by atoms with van der Waals surface area (Å²) in [5.41, 5.74) is 0.197. The number of benzene rings is 1. The third-order valence-corrected chi connectivity index (χ3v) is 3.05. The van der Waals surface area contributed by atoms with E-state index in [9.17, 15) is 13.6 Å². The maximum absolute atomic E-state index is 12.5. The van der Waals surface area contributed by atoms with E-state index >= 15 is 0 Å². The van der Waals surface area contributed by atoms with Crippen molar-refractivity contribution in [1.29, 1.82) is 0 Å². The molecule has 0 spiro atoms. The van der Waals surface area contributed by atoms with Gasteiger partial charge in [0.15, 0.2) is 5.78 Å². The van der Waals surface area contributed by atoms with Gasteiger partial charge in [0.2, 0.25) is 0 Å². The second-order valence-electron chi connectivity index (χ2n) is 2.90. The van der Waals surface area contributed by atoms with Gasteiger partial charge in [0.1, 0.15) is 0 Å². The lowest BCUT2D eigenvalue weighted by molar-refractivity contribution is 0.0988. The summed E-state index contributed by atoms with van der Waals surface area (Å²) in [6, 6.07) is 4.30. The van der Waals surface area contributed by atoms with Crippen molar-refractivity contribution in [3.63, 3.8) is 0 Å². The first kappa shape index (κ1) is 12.8. The largest absolute Gasteiger partial charge is 0.294 e. The fourth-order valence-electron chi connectivity index (χ4n) is 1.11. The van der Waals surface area contributed by atoms with Crippen molar-refractivity contribution in [2.75, 3.05) is 5.88 Å². The van der Waals surface area contributed by atoms with Crippen LogP contribution in [0.3, 0.4) is 0 Å². The second kappa shape index (κ2) is 5.75. The first-order valence-electron chi connectivity index (χ1n) is 4.23. The lowest BCUT2D eigenvalue weighted by atomic mass is 10.1. The summed E-state index contributed by atoms with van der Waals surface area (Å²) < 4.78 is 25.5. The van der Waals surface area contributed by atoms with E-state index in [2.05, 4.69) is 0 Å². The number of hydrogen-bond donors (Lipinski definition) is 0. The fraction of sp³-hybridized carbons (Fsp3) is 0.300. The number of carbonyl (C=O) groups excluding carboxylic acids is 1. The Morgan fingerprint density at radius 2 is 2.13 bits per heavy atom. The number of alkyl halides is 3. The molecular formula is C10H8ClF2IO. The zero-order chi connectivity index (χ0) is 11.4. The number of Topliss-reactive ketones (excluding diaryl/α,β-unsaturated/α-hetero) is 1. The van der Waals surface area contributed by atoms with Crippen LogP contribution in [0.2, 0.25) is 0 Å². The van der Waals surface area contributed by atoms with Crippen molar-refractivity contribution in [3.8, 4) is 0 Å². The van der Waals surface area contributed by atoms with Gasteiger partial charge in [-0.05, 0) is 34.7 Å². The van der Waals surface area contributed by atoms with E-state index in [4.69, 9.17) is 11.6 Å². The van der Waals surface area contributed by atoms with Crippen molar-refractivity contribution in [3.05, 3.63) is 32.9 Å². The highest BCUT2D eigenvalue weighted by atomic mass is 127. The minimum atomic E-state index is -2.55. The van der Waals surface area contributed by atoms with Crippen molar-refractivity contribution in [1.82, 2.24) is 0 Å². The Labute approximate surface area is 105 Å². The van der Waals surface area contributed by atoms with Crippen LogP contribution in [0.5, 0.6) is 0 Å². The normalized spacial score (nSPS) is 10.7. The van der Waals surface area contributed by atoms with Gasteiger partial charge < -0.3 is 0 Å². The van der Waals surface area contributed by atoms with Gasteiger partial charge in [-0.25, -0.2) is 8.78 Å². The summed E-state index contributed by atoms with van der Waals surface area (Å²) in [5.74, 6) is -0.00207. The molecule has 0 fully saturated rings. The van der Waals surface area contributed by atoms with E-state index < -0.39 is 6.43 Å². The monoisotopic (exact) mass is 344 g/mol. The summed E-state index contributed by atoms with van der Waals surface area (Å²) in [7, 11) is 0. The van der Waals surface area contributed by atoms with Crippen LogP contribution in [0.15, 0.2) is 18.2 Å². The van der Waals surface area contributed by atoms with Crippen LogP contribution < -0.4 is 0 Å². The molecule has 1 aromatic rings. The number of carbonyl (C=O) groups is 1. The predicted molar refractivity (Wildman–Crippen MR) is 63.8 cm³/mol. The van der Waals surface area contributed by atoms with Crippen LogP contribution in [-0.4, -0.2) is 11.7 Å². The highest BCUT2D eigenvalue weighted by Crippen LogP contribution is 2.25. The topological polar surface area (TPSA) is 17.1 Å². The van der Waals surface area contributed by atoms with Crippen LogP contribution in [-0.2, 0) is 0 Å². The molecule has 1 rings (SSSR count). The Morgan fingerprint density at radius 1 is 1.47 bits per heavy atom. The highest BCUT2D eigenvalue weighted by molar-refractivity contribution is 14.1. The Kier molecular flexibility index (Phi) is 4.92. The van der Waals surface area contributed by atoms with Gasteiger partial charge in [-0.2, -0.15) is 0 Å². The molecule has 15 heavy (non-hydrogen) atoms. The minimum Gasteiger partial charge on any atom is -0.294 e. The SMILES string of the molecule is O=C(CCCl)c1ccc(I)c(C(F)F)c1. The molecule has 0 unspecified atom stereocenters. The predicted octanol–water partition coefficient (Wildman–Crippen LogP) is 4.04. The van der Waals surface area contributed by atoms with Gasteiger partial charge in [-0.1, -0.05) is 6.07 Å². The molecule has 0 saturated heterocycles. The van der Waals surface area contributed by atoms with Gasteiger partial charge in [0, 0.05) is 27.0 Å². The number of rotatable bonds is 4. The molecule has 0 atom stereocenters. The third kappa shape index (κ3) is 3.38. The molecule has 0 radical (unpaired) electrons. The highest BCUT2D eigenvalue weighted by Gasteiger charge is 2.14. The average Bonchev–Trinajstić information content (AvgIpc) is 2.18. The van der Waals surface area contributed by atoms with Crippen LogP contribution in [0.1, 0.15) is 28.8 Å². The van der Waals surface area contributed by atoms with Gasteiger partial charge in [-0.3, -0.25) is 4.79 Å².